The second-order valence-corrected chi connectivity index (χ2v) is 0. The first kappa shape index (κ1) is 319. The number of hydrogen-bond acceptors (Lipinski definition) is 3. The van der Waals surface area contributed by atoms with Gasteiger partial charge in [0.15, 0.2) is 0 Å². The van der Waals surface area contributed by atoms with E-state index in [0.29, 0.717) is 0 Å². The Hall–Kier alpha value is 0.399. The molecule has 4 heavy (non-hydrogen) atoms. The molecule has 0 saturated carbocycles. The Balaban J connectivity index is 0. The van der Waals surface area contributed by atoms with E-state index in [0.717, 1.165) is 0 Å². The normalized spacial score (nSPS) is 0. The minimum atomic E-state index is 0. The second-order valence-electron chi connectivity index (χ2n) is 0. The molecule has 0 spiro atoms. The molecular weight excluding hydrogens is 112 g/mol. The van der Waals surface area contributed by atoms with Crippen LogP contribution >= 0.6 is 0 Å². The molecule has 0 atom stereocenters. The summed E-state index contributed by atoms with van der Waals surface area (Å²) in [6, 6.07) is 0. The van der Waals surface area contributed by atoms with Crippen LogP contribution in [0.3, 0.4) is 0 Å². The first-order valence-corrected chi connectivity index (χ1v) is 0. The van der Waals surface area contributed by atoms with Gasteiger partial charge in [0, 0.05) is 0 Å². The van der Waals surface area contributed by atoms with Gasteiger partial charge in [-0.05, 0) is 0 Å². The summed E-state index contributed by atoms with van der Waals surface area (Å²) in [5, 5.41) is 0. The topological polar surface area (TPSA) is 90.0 Å². The monoisotopic (exact) mass is 114 g/mol. The quantitative estimate of drug-likeness (QED) is 0.397. The molecular formula is H3CuO3-. The van der Waals surface area contributed by atoms with Crippen molar-refractivity contribution in [2.45, 2.75) is 0 Å². The van der Waals surface area contributed by atoms with E-state index in [4.69, 9.17) is 0 Å². The van der Waals surface area contributed by atoms with Crippen LogP contribution in [0.25, 0.3) is 0 Å². The first-order chi connectivity index (χ1) is 0. The average molecular weight is 115 g/mol. The molecule has 0 unspecified atom stereocenters. The zero-order valence-corrected chi connectivity index (χ0v) is 2.58. The van der Waals surface area contributed by atoms with Gasteiger partial charge in [-0.2, -0.15) is 0 Å². The van der Waals surface area contributed by atoms with E-state index >= 15 is 0 Å². The van der Waals surface area contributed by atoms with Gasteiger partial charge in [-0.15, -0.1) is 0 Å². The maximum absolute atomic E-state index is 0. The zero-order chi connectivity index (χ0) is 0. The third-order valence-electron chi connectivity index (χ3n) is 0. The summed E-state index contributed by atoms with van der Waals surface area (Å²) < 4.78 is 0. The number of rotatable bonds is 0. The fourth-order valence-electron chi connectivity index (χ4n) is 0. The first-order valence-electron chi connectivity index (χ1n) is 0. The standard InChI is InChI=1S/Cu.3H2O/h;3*1H2/q+2;;;/p-3. The van der Waals surface area contributed by atoms with E-state index in [1.807, 2.05) is 0 Å². The Morgan fingerprint density at radius 1 is 0.500 bits per heavy atom. The molecule has 0 aromatic carbocycles. The van der Waals surface area contributed by atoms with Crippen LogP contribution in [0, 0.1) is 0 Å². The molecule has 0 heterocycles. The van der Waals surface area contributed by atoms with Crippen molar-refractivity contribution in [3.05, 3.63) is 0 Å². The fourth-order valence-corrected chi connectivity index (χ4v) is 0. The minimum Gasteiger partial charge on any atom is -0.870 e. The molecule has 0 aliphatic rings. The van der Waals surface area contributed by atoms with Crippen LogP contribution in [-0.4, -0.2) is 16.4 Å². The van der Waals surface area contributed by atoms with E-state index in [-0.39, 0.29) is 33.5 Å². The van der Waals surface area contributed by atoms with Crippen LogP contribution in [0.4, 0.5) is 0 Å². The van der Waals surface area contributed by atoms with Crippen molar-refractivity contribution in [2.75, 3.05) is 0 Å². The molecule has 4 heteroatoms. The zero-order valence-electron chi connectivity index (χ0n) is 1.64. The third kappa shape index (κ3) is 29.4. The van der Waals surface area contributed by atoms with E-state index in [1.54, 1.807) is 0 Å². The van der Waals surface area contributed by atoms with Gasteiger partial charge in [-0.1, -0.05) is 0 Å². The summed E-state index contributed by atoms with van der Waals surface area (Å²) in [5.74, 6) is 0. The molecule has 3 nitrogen and oxygen atoms in total. The van der Waals surface area contributed by atoms with E-state index in [2.05, 4.69) is 0 Å². The maximum atomic E-state index is 0. The van der Waals surface area contributed by atoms with Crippen LogP contribution < -0.4 is 0 Å². The molecule has 0 amide bonds. The largest absolute Gasteiger partial charge is 2.00 e. The summed E-state index contributed by atoms with van der Waals surface area (Å²) in [6.45, 7) is 0. The fraction of sp³-hybridized carbons (Fsp3) is 0. The Morgan fingerprint density at radius 2 is 0.500 bits per heavy atom. The Bertz CT molecular complexity index is 3.25. The van der Waals surface area contributed by atoms with Crippen LogP contribution in [-0.2, 0) is 17.1 Å². The van der Waals surface area contributed by atoms with Crippen LogP contribution in [0.5, 0.6) is 0 Å². The molecule has 33 valence electrons. The van der Waals surface area contributed by atoms with Gasteiger partial charge in [0.1, 0.15) is 0 Å². The molecule has 0 bridgehead atoms. The Labute approximate surface area is 34.4 Å². The summed E-state index contributed by atoms with van der Waals surface area (Å²) >= 11 is 0. The molecule has 0 rings (SSSR count). The van der Waals surface area contributed by atoms with E-state index in [1.165, 1.54) is 0 Å². The average Bonchev–Trinajstić information content (AvgIpc) is 0. The third-order valence-corrected chi connectivity index (χ3v) is 0. The summed E-state index contributed by atoms with van der Waals surface area (Å²) in [5.41, 5.74) is 0. The van der Waals surface area contributed by atoms with Crippen molar-refractivity contribution in [2.24, 2.45) is 0 Å². The van der Waals surface area contributed by atoms with Gasteiger partial charge < -0.3 is 16.4 Å². The van der Waals surface area contributed by atoms with Crippen molar-refractivity contribution in [3.8, 4) is 0 Å². The Morgan fingerprint density at radius 3 is 0.500 bits per heavy atom. The smallest absolute Gasteiger partial charge is 0.870 e. The molecule has 0 saturated heterocycles. The predicted octanol–water partition coefficient (Wildman–Crippen LogP) is -0.533. The van der Waals surface area contributed by atoms with Gasteiger partial charge in [-0.3, -0.25) is 0 Å². The summed E-state index contributed by atoms with van der Waals surface area (Å²) in [4.78, 5) is 0. The minimum absolute atomic E-state index is 0. The van der Waals surface area contributed by atoms with Crippen molar-refractivity contribution >= 4 is 0 Å². The summed E-state index contributed by atoms with van der Waals surface area (Å²) in [6.07, 6.45) is 0. The van der Waals surface area contributed by atoms with Crippen molar-refractivity contribution in [3.63, 3.8) is 0 Å². The van der Waals surface area contributed by atoms with Crippen molar-refractivity contribution in [1.29, 1.82) is 0 Å². The molecule has 0 aliphatic carbocycles. The van der Waals surface area contributed by atoms with E-state index < -0.39 is 0 Å². The predicted molar refractivity (Wildman–Crippen MR) is 5.81 cm³/mol. The van der Waals surface area contributed by atoms with Crippen molar-refractivity contribution < 1.29 is 33.5 Å². The Kier molecular flexibility index (Phi) is 9770. The van der Waals surface area contributed by atoms with Crippen LogP contribution in [0.2, 0.25) is 0 Å². The molecule has 0 aromatic rings. The van der Waals surface area contributed by atoms with Crippen LogP contribution in [0.1, 0.15) is 0 Å². The molecule has 0 aromatic heterocycles. The van der Waals surface area contributed by atoms with Gasteiger partial charge >= 0.3 is 17.1 Å². The molecule has 3 N–H and O–H groups in total. The molecule has 1 radical (unpaired) electrons. The van der Waals surface area contributed by atoms with Gasteiger partial charge in [-0.25, -0.2) is 0 Å². The van der Waals surface area contributed by atoms with Crippen LogP contribution in [0.15, 0.2) is 0 Å². The van der Waals surface area contributed by atoms with Gasteiger partial charge in [0.05, 0.1) is 0 Å². The SMILES string of the molecule is [Cu+2].[OH-].[OH-].[OH-]. The molecule has 0 fully saturated rings. The van der Waals surface area contributed by atoms with Crippen molar-refractivity contribution in [1.82, 2.24) is 0 Å². The molecule has 0 aliphatic heterocycles. The van der Waals surface area contributed by atoms with Gasteiger partial charge in [0.2, 0.25) is 0 Å². The second kappa shape index (κ2) is 123. The maximum Gasteiger partial charge on any atom is 2.00 e. The van der Waals surface area contributed by atoms with Gasteiger partial charge in [0.25, 0.3) is 0 Å². The summed E-state index contributed by atoms with van der Waals surface area (Å²) in [7, 11) is 0. The van der Waals surface area contributed by atoms with E-state index in [9.17, 15) is 0 Å². The number of hydrogen-bond donors (Lipinski definition) is 0.